The van der Waals surface area contributed by atoms with Crippen molar-refractivity contribution < 1.29 is 9.18 Å². The molecule has 0 saturated carbocycles. The molecule has 0 aliphatic carbocycles. The number of benzene rings is 2. The summed E-state index contributed by atoms with van der Waals surface area (Å²) in [5, 5.41) is 13.7. The fourth-order valence-corrected chi connectivity index (χ4v) is 3.62. The molecule has 1 aliphatic rings. The number of nitrogens with zero attached hydrogens (tertiary/aromatic N) is 2. The zero-order chi connectivity index (χ0) is 18.6. The van der Waals surface area contributed by atoms with Crippen LogP contribution in [0.5, 0.6) is 0 Å². The van der Waals surface area contributed by atoms with Crippen molar-refractivity contribution in [1.82, 2.24) is 20.4 Å². The standard InChI is InChI=1S/C20H22FN5O/c21-16-8-6-14(7-9-16)18(26-10-1-2-11-26)13-22-20(27)24-17-5-3-4-15-12-23-25-19(15)17/h3-9,12,18H,1-2,10-11,13H2,(H,23,25)(H2,22,24,27). The monoisotopic (exact) mass is 367 g/mol. The van der Waals surface area contributed by atoms with Crippen molar-refractivity contribution in [2.75, 3.05) is 25.0 Å². The SMILES string of the molecule is O=C(NCC(c1ccc(F)cc1)N1CCCC1)Nc1cccc2cn[nH]c12. The molecular weight excluding hydrogens is 345 g/mol. The van der Waals surface area contributed by atoms with E-state index >= 15 is 0 Å². The van der Waals surface area contributed by atoms with Crippen LogP contribution in [0.3, 0.4) is 0 Å². The van der Waals surface area contributed by atoms with Crippen molar-refractivity contribution >= 4 is 22.6 Å². The molecule has 0 spiro atoms. The van der Waals surface area contributed by atoms with Crippen LogP contribution in [-0.2, 0) is 0 Å². The predicted octanol–water partition coefficient (Wildman–Crippen LogP) is 3.66. The average molecular weight is 367 g/mol. The van der Waals surface area contributed by atoms with Crippen LogP contribution >= 0.6 is 0 Å². The molecule has 1 atom stereocenters. The first-order valence-electron chi connectivity index (χ1n) is 9.17. The third kappa shape index (κ3) is 3.93. The van der Waals surface area contributed by atoms with Crippen molar-refractivity contribution in [2.24, 2.45) is 0 Å². The van der Waals surface area contributed by atoms with Gasteiger partial charge in [0.25, 0.3) is 0 Å². The summed E-state index contributed by atoms with van der Waals surface area (Å²) in [6.45, 7) is 2.42. The van der Waals surface area contributed by atoms with Crippen molar-refractivity contribution in [3.8, 4) is 0 Å². The van der Waals surface area contributed by atoms with E-state index in [0.717, 1.165) is 42.4 Å². The van der Waals surface area contributed by atoms with E-state index in [4.69, 9.17) is 0 Å². The highest BCUT2D eigenvalue weighted by Crippen LogP contribution is 2.25. The Kier molecular flexibility index (Phi) is 5.02. The van der Waals surface area contributed by atoms with Gasteiger partial charge in [-0.05, 0) is 49.7 Å². The van der Waals surface area contributed by atoms with Crippen LogP contribution in [0.2, 0.25) is 0 Å². The van der Waals surface area contributed by atoms with Gasteiger partial charge in [0.15, 0.2) is 0 Å². The average Bonchev–Trinajstić information content (AvgIpc) is 3.35. The molecule has 6 nitrogen and oxygen atoms in total. The summed E-state index contributed by atoms with van der Waals surface area (Å²) in [5.41, 5.74) is 2.48. The Hall–Kier alpha value is -2.93. The van der Waals surface area contributed by atoms with Crippen LogP contribution in [0.25, 0.3) is 10.9 Å². The highest BCUT2D eigenvalue weighted by Gasteiger charge is 2.24. The van der Waals surface area contributed by atoms with Crippen LogP contribution in [0, 0.1) is 5.82 Å². The van der Waals surface area contributed by atoms with Crippen molar-refractivity contribution in [3.05, 3.63) is 60.0 Å². The van der Waals surface area contributed by atoms with Gasteiger partial charge in [-0.2, -0.15) is 5.10 Å². The van der Waals surface area contributed by atoms with E-state index < -0.39 is 0 Å². The lowest BCUT2D eigenvalue weighted by Gasteiger charge is -2.28. The highest BCUT2D eigenvalue weighted by molar-refractivity contribution is 5.99. The van der Waals surface area contributed by atoms with E-state index in [1.165, 1.54) is 12.1 Å². The molecule has 7 heteroatoms. The summed E-state index contributed by atoms with van der Waals surface area (Å²) in [4.78, 5) is 14.8. The first-order chi connectivity index (χ1) is 13.2. The maximum atomic E-state index is 13.3. The minimum atomic E-state index is -0.275. The van der Waals surface area contributed by atoms with Gasteiger partial charge >= 0.3 is 6.03 Å². The van der Waals surface area contributed by atoms with Gasteiger partial charge in [-0.25, -0.2) is 9.18 Å². The number of aromatic amines is 1. The zero-order valence-electron chi connectivity index (χ0n) is 14.9. The molecule has 2 amide bonds. The Bertz CT molecular complexity index is 918. The molecule has 2 heterocycles. The summed E-state index contributed by atoms with van der Waals surface area (Å²) in [6.07, 6.45) is 4.01. The van der Waals surface area contributed by atoms with E-state index in [1.54, 1.807) is 18.3 Å². The molecule has 2 aromatic carbocycles. The molecular formula is C20H22FN5O. The van der Waals surface area contributed by atoms with Crippen LogP contribution in [0.1, 0.15) is 24.4 Å². The number of rotatable bonds is 5. The van der Waals surface area contributed by atoms with Crippen LogP contribution in [0.4, 0.5) is 14.9 Å². The van der Waals surface area contributed by atoms with Crippen molar-refractivity contribution in [3.63, 3.8) is 0 Å². The fraction of sp³-hybridized carbons (Fsp3) is 0.300. The predicted molar refractivity (Wildman–Crippen MR) is 103 cm³/mol. The number of aromatic nitrogens is 2. The number of fused-ring (bicyclic) bond motifs is 1. The second kappa shape index (κ2) is 7.75. The fourth-order valence-electron chi connectivity index (χ4n) is 3.62. The second-order valence-corrected chi connectivity index (χ2v) is 6.79. The van der Waals surface area contributed by atoms with Crippen molar-refractivity contribution in [2.45, 2.75) is 18.9 Å². The van der Waals surface area contributed by atoms with E-state index in [-0.39, 0.29) is 17.9 Å². The third-order valence-electron chi connectivity index (χ3n) is 5.02. The Balaban J connectivity index is 1.44. The normalized spacial score (nSPS) is 15.7. The Morgan fingerprint density at radius 1 is 1.19 bits per heavy atom. The first kappa shape index (κ1) is 17.5. The van der Waals surface area contributed by atoms with Crippen LogP contribution in [0.15, 0.2) is 48.7 Å². The highest BCUT2D eigenvalue weighted by atomic mass is 19.1. The third-order valence-corrected chi connectivity index (χ3v) is 5.02. The lowest BCUT2D eigenvalue weighted by atomic mass is 10.1. The number of nitrogens with one attached hydrogen (secondary N) is 3. The van der Waals surface area contributed by atoms with E-state index in [9.17, 15) is 9.18 Å². The number of likely N-dealkylation sites (tertiary alicyclic amines) is 1. The second-order valence-electron chi connectivity index (χ2n) is 6.79. The minimum Gasteiger partial charge on any atom is -0.336 e. The van der Waals surface area contributed by atoms with E-state index in [2.05, 4.69) is 25.7 Å². The number of amides is 2. The number of hydrogen-bond acceptors (Lipinski definition) is 3. The number of carbonyl (C=O) groups excluding carboxylic acids is 1. The quantitative estimate of drug-likeness (QED) is 0.644. The number of carbonyl (C=O) groups is 1. The molecule has 1 aliphatic heterocycles. The van der Waals surface area contributed by atoms with Gasteiger partial charge in [-0.15, -0.1) is 0 Å². The molecule has 0 radical (unpaired) electrons. The molecule has 27 heavy (non-hydrogen) atoms. The van der Waals surface area contributed by atoms with Crippen LogP contribution < -0.4 is 10.6 Å². The molecule has 1 saturated heterocycles. The molecule has 1 fully saturated rings. The van der Waals surface area contributed by atoms with Gasteiger partial charge in [0, 0.05) is 11.9 Å². The smallest absolute Gasteiger partial charge is 0.319 e. The summed E-state index contributed by atoms with van der Waals surface area (Å²) in [5.74, 6) is -0.253. The maximum absolute atomic E-state index is 13.3. The number of H-pyrrole nitrogens is 1. The number of para-hydroxylation sites is 1. The van der Waals surface area contributed by atoms with Gasteiger partial charge in [0.2, 0.25) is 0 Å². The Labute approximate surface area is 156 Å². The zero-order valence-corrected chi connectivity index (χ0v) is 14.9. The summed E-state index contributed by atoms with van der Waals surface area (Å²) < 4.78 is 13.3. The van der Waals surface area contributed by atoms with E-state index in [0.29, 0.717) is 12.2 Å². The largest absolute Gasteiger partial charge is 0.336 e. The summed E-state index contributed by atoms with van der Waals surface area (Å²) >= 11 is 0. The topological polar surface area (TPSA) is 73.1 Å². The lowest BCUT2D eigenvalue weighted by molar-refractivity contribution is 0.227. The molecule has 3 aromatic rings. The maximum Gasteiger partial charge on any atom is 0.319 e. The number of hydrogen-bond donors (Lipinski definition) is 3. The molecule has 3 N–H and O–H groups in total. The number of urea groups is 1. The van der Waals surface area contributed by atoms with Gasteiger partial charge in [0.1, 0.15) is 5.82 Å². The Morgan fingerprint density at radius 3 is 2.74 bits per heavy atom. The van der Waals surface area contributed by atoms with Gasteiger partial charge < -0.3 is 10.6 Å². The molecule has 1 unspecified atom stereocenters. The van der Waals surface area contributed by atoms with E-state index in [1.807, 2.05) is 18.2 Å². The lowest BCUT2D eigenvalue weighted by Crippen LogP contribution is -2.38. The first-order valence-corrected chi connectivity index (χ1v) is 9.17. The molecule has 1 aromatic heterocycles. The molecule has 0 bridgehead atoms. The summed E-state index contributed by atoms with van der Waals surface area (Å²) in [6, 6.07) is 11.9. The van der Waals surface area contributed by atoms with Gasteiger partial charge in [-0.3, -0.25) is 10.00 Å². The van der Waals surface area contributed by atoms with Crippen LogP contribution in [-0.4, -0.2) is 40.8 Å². The summed E-state index contributed by atoms with van der Waals surface area (Å²) in [7, 11) is 0. The Morgan fingerprint density at radius 2 is 1.96 bits per heavy atom. The number of halogens is 1. The van der Waals surface area contributed by atoms with Gasteiger partial charge in [0.05, 0.1) is 23.4 Å². The van der Waals surface area contributed by atoms with Crippen molar-refractivity contribution in [1.29, 1.82) is 0 Å². The van der Waals surface area contributed by atoms with Gasteiger partial charge in [-0.1, -0.05) is 24.3 Å². The minimum absolute atomic E-state index is 0.0294. The molecule has 4 rings (SSSR count). The number of anilines is 1. The molecule has 140 valence electrons.